The van der Waals surface area contributed by atoms with E-state index >= 15 is 0 Å². The molecular weight excluding hydrogens is 1230 g/mol. The molecule has 532 valence electrons. The number of allylic oxidation sites excluding steroid dienone is 2. The summed E-state index contributed by atoms with van der Waals surface area (Å²) in [6, 6.07) is -3.13. The molecule has 8 fully saturated rings. The highest BCUT2D eigenvalue weighted by atomic mass is 16.8. The summed E-state index contributed by atoms with van der Waals surface area (Å²) < 4.78 is 68.0. The van der Waals surface area contributed by atoms with Crippen molar-refractivity contribution in [2.75, 3.05) is 40.1 Å². The van der Waals surface area contributed by atoms with Crippen LogP contribution in [0.1, 0.15) is 114 Å². The molecule has 2 amide bonds. The maximum atomic E-state index is 13.6. The monoisotopic (exact) mass is 1330 g/mol. The third-order valence-electron chi connectivity index (χ3n) is 22.1. The molecule has 16 N–H and O–H groups in total. The molecule has 5 saturated heterocycles. The Morgan fingerprint density at radius 3 is 1.72 bits per heavy atom. The molecule has 30 heteroatoms. The van der Waals surface area contributed by atoms with Crippen LogP contribution in [0, 0.1) is 34.0 Å². The van der Waals surface area contributed by atoms with Crippen LogP contribution in [0.25, 0.3) is 0 Å². The maximum absolute atomic E-state index is 13.6. The van der Waals surface area contributed by atoms with Gasteiger partial charge in [-0.25, -0.2) is 0 Å². The Balaban J connectivity index is 1.00. The van der Waals surface area contributed by atoms with Crippen LogP contribution < -0.4 is 10.6 Å². The molecule has 3 saturated carbocycles. The molecule has 0 aromatic heterocycles. The number of ketones is 1. The van der Waals surface area contributed by atoms with Crippen molar-refractivity contribution in [3.63, 3.8) is 0 Å². The van der Waals surface area contributed by atoms with Crippen LogP contribution in [-0.4, -0.2) is 294 Å². The molecule has 32 unspecified atom stereocenters. The first-order chi connectivity index (χ1) is 43.7. The Bertz CT molecular complexity index is 2650. The van der Waals surface area contributed by atoms with Crippen molar-refractivity contribution in [3.05, 3.63) is 22.8 Å². The van der Waals surface area contributed by atoms with Crippen LogP contribution in [0.4, 0.5) is 0 Å². The van der Waals surface area contributed by atoms with E-state index in [2.05, 4.69) is 31.4 Å². The van der Waals surface area contributed by atoms with Crippen molar-refractivity contribution < 1.29 is 138 Å². The van der Waals surface area contributed by atoms with Crippen LogP contribution in [0.3, 0.4) is 0 Å². The molecule has 5 aliphatic heterocycles. The van der Waals surface area contributed by atoms with Gasteiger partial charge in [-0.2, -0.15) is 0 Å². The average Bonchev–Trinajstić information content (AvgIpc) is 1.67. The maximum Gasteiger partial charge on any atom is 0.217 e. The van der Waals surface area contributed by atoms with Gasteiger partial charge in [0.25, 0.3) is 0 Å². The topological polar surface area (TPSA) is 460 Å². The fraction of sp³-hybridized carbons (Fsp3) is 0.889. The Labute approximate surface area is 540 Å². The van der Waals surface area contributed by atoms with Crippen LogP contribution >= 0.6 is 0 Å². The van der Waals surface area contributed by atoms with E-state index in [0.29, 0.717) is 51.4 Å². The van der Waals surface area contributed by atoms with Gasteiger partial charge in [-0.1, -0.05) is 40.2 Å². The van der Waals surface area contributed by atoms with Crippen LogP contribution in [-0.2, 0) is 66.5 Å². The molecular formula is C63H102N2O28. The predicted molar refractivity (Wildman–Crippen MR) is 317 cm³/mol. The number of carbonyl (C=O) groups excluding carboxylic acids is 3. The molecule has 4 aliphatic carbocycles. The van der Waals surface area contributed by atoms with Crippen LogP contribution in [0.5, 0.6) is 0 Å². The Morgan fingerprint density at radius 2 is 1.14 bits per heavy atom. The molecule has 30 nitrogen and oxygen atoms in total. The summed E-state index contributed by atoms with van der Waals surface area (Å²) in [5.74, 6) is -1.36. The third kappa shape index (κ3) is 14.2. The number of methoxy groups -OCH3 is 1. The summed E-state index contributed by atoms with van der Waals surface area (Å²) in [5.41, 5.74) is -0.0157. The van der Waals surface area contributed by atoms with E-state index < -0.39 is 215 Å². The lowest BCUT2D eigenvalue weighted by Crippen LogP contribution is -2.69. The number of hydrogen-bond donors (Lipinski definition) is 16. The zero-order valence-corrected chi connectivity index (χ0v) is 54.5. The molecule has 0 aromatic rings. The molecule has 0 bridgehead atoms. The van der Waals surface area contributed by atoms with E-state index in [4.69, 9.17) is 52.1 Å². The zero-order valence-electron chi connectivity index (χ0n) is 54.5. The van der Waals surface area contributed by atoms with Crippen molar-refractivity contribution in [2.45, 2.75) is 279 Å². The van der Waals surface area contributed by atoms with Crippen molar-refractivity contribution >= 4 is 17.6 Å². The Morgan fingerprint density at radius 1 is 0.613 bits per heavy atom. The first-order valence-corrected chi connectivity index (χ1v) is 32.5. The fourth-order valence-electron chi connectivity index (χ4n) is 17.1. The number of carbonyl (C=O) groups is 3. The zero-order chi connectivity index (χ0) is 68.3. The molecule has 0 aromatic carbocycles. The lowest BCUT2D eigenvalue weighted by Gasteiger charge is -2.65. The van der Waals surface area contributed by atoms with Gasteiger partial charge >= 0.3 is 0 Å². The largest absolute Gasteiger partial charge is 0.394 e. The van der Waals surface area contributed by atoms with Gasteiger partial charge in [0.2, 0.25) is 11.8 Å². The number of amides is 2. The van der Waals surface area contributed by atoms with Crippen molar-refractivity contribution in [1.82, 2.24) is 10.6 Å². The van der Waals surface area contributed by atoms with Gasteiger partial charge in [0.1, 0.15) is 116 Å². The van der Waals surface area contributed by atoms with E-state index in [1.54, 1.807) is 13.2 Å². The van der Waals surface area contributed by atoms with Gasteiger partial charge in [0.05, 0.1) is 50.8 Å². The lowest BCUT2D eigenvalue weighted by molar-refractivity contribution is -0.380. The average molecular weight is 1340 g/mol. The molecule has 9 rings (SSSR count). The smallest absolute Gasteiger partial charge is 0.217 e. The van der Waals surface area contributed by atoms with Gasteiger partial charge in [0, 0.05) is 32.8 Å². The molecule has 5 heterocycles. The number of rotatable bonds is 21. The van der Waals surface area contributed by atoms with E-state index in [1.807, 2.05) is 27.7 Å². The molecule has 9 aliphatic rings. The van der Waals surface area contributed by atoms with Gasteiger partial charge < -0.3 is 134 Å². The minimum absolute atomic E-state index is 0.0467. The minimum atomic E-state index is -2.00. The summed E-state index contributed by atoms with van der Waals surface area (Å²) in [4.78, 5) is 38.6. The van der Waals surface area contributed by atoms with E-state index in [0.717, 1.165) is 30.6 Å². The first-order valence-electron chi connectivity index (χ1n) is 32.5. The second-order valence-corrected chi connectivity index (χ2v) is 28.6. The predicted octanol–water partition coefficient (Wildman–Crippen LogP) is -3.94. The summed E-state index contributed by atoms with van der Waals surface area (Å²) in [7, 11) is 1.70. The van der Waals surface area contributed by atoms with Crippen molar-refractivity contribution in [2.24, 2.45) is 34.0 Å². The van der Waals surface area contributed by atoms with Crippen LogP contribution in [0.2, 0.25) is 0 Å². The molecule has 0 radical (unpaired) electrons. The standard InChI is InChI=1S/C63H102N2O28/c1-25(2)17-29(71)18-26(3)31-19-32(83-10)40-30-11-12-38-60(6,7)39(13-14-62(38,9)63(30,82)16-15-61(31,40)8)91-59-53(47(76)37(24-85-59)90-55-41(64-27(4)69)48(77)43(72)33(20-66)86-55)92-56-42(65-28(5)70)49(78)46(75)36(89-56)23-84-58-54(51(80)45(74)35(22-68)88-58)93-57-52(81)50(79)44(73)34(21-67)87-57/h17,26,31-39,41-59,66-68,72-82H,11-16,18-24H2,1-10H3,(H,64,69)(H,65,70). The second-order valence-electron chi connectivity index (χ2n) is 28.6. The fourth-order valence-corrected chi connectivity index (χ4v) is 17.1. The number of hydrogen-bond acceptors (Lipinski definition) is 28. The molecule has 32 atom stereocenters. The van der Waals surface area contributed by atoms with Gasteiger partial charge in [-0.05, 0) is 105 Å². The summed E-state index contributed by atoms with van der Waals surface area (Å²) in [6.45, 7) is 12.8. The number of fused-ring (bicyclic) bond motifs is 4. The number of ether oxygens (including phenoxy) is 11. The highest BCUT2D eigenvalue weighted by Crippen LogP contribution is 2.70. The number of aliphatic hydroxyl groups is 14. The lowest BCUT2D eigenvalue weighted by atomic mass is 9.42. The Hall–Kier alpha value is -2.91. The number of nitrogens with one attached hydrogen (secondary N) is 2. The first kappa shape index (κ1) is 74.3. The summed E-state index contributed by atoms with van der Waals surface area (Å²) in [6.07, 6.45) is -34.1. The van der Waals surface area contributed by atoms with Crippen molar-refractivity contribution in [1.29, 1.82) is 0 Å². The van der Waals surface area contributed by atoms with Gasteiger partial charge in [-0.15, -0.1) is 0 Å². The van der Waals surface area contributed by atoms with Crippen molar-refractivity contribution in [3.8, 4) is 0 Å². The SMILES string of the molecule is COC1CC(C(C)CC(=O)C=C(C)C)C2(C)CCC3(O)C(=C12)CCC1C(C)(C)C(OC2OCC(OC4OC(CO)C(O)C(O)C4NC(C)=O)C(O)C2OC2OC(COC4OC(CO)C(O)C(O)C4OC4OC(CO)C(O)C(O)C4O)C(O)C(O)C2NC(C)=O)CCC13C. The van der Waals surface area contributed by atoms with E-state index in [-0.39, 0.29) is 35.1 Å². The third-order valence-corrected chi connectivity index (χ3v) is 22.1. The minimum Gasteiger partial charge on any atom is -0.394 e. The van der Waals surface area contributed by atoms with E-state index in [9.17, 15) is 85.9 Å². The quantitative estimate of drug-likeness (QED) is 0.0296. The number of aliphatic hydroxyl groups excluding tert-OH is 13. The summed E-state index contributed by atoms with van der Waals surface area (Å²) >= 11 is 0. The normalized spacial score (nSPS) is 47.7. The highest BCUT2D eigenvalue weighted by molar-refractivity contribution is 5.90. The highest BCUT2D eigenvalue weighted by Gasteiger charge is 2.68. The van der Waals surface area contributed by atoms with Gasteiger partial charge in [0.15, 0.2) is 37.2 Å². The Kier molecular flexibility index (Phi) is 23.6. The summed E-state index contributed by atoms with van der Waals surface area (Å²) in [5, 5.41) is 161. The van der Waals surface area contributed by atoms with Gasteiger partial charge in [-0.3, -0.25) is 14.4 Å². The van der Waals surface area contributed by atoms with Crippen LogP contribution in [0.15, 0.2) is 22.8 Å². The molecule has 0 spiro atoms. The molecule has 93 heavy (non-hydrogen) atoms. The second kappa shape index (κ2) is 29.5. The van der Waals surface area contributed by atoms with E-state index in [1.165, 1.54) is 0 Å².